The maximum Gasteiger partial charge on any atom is 0.193 e. The zero-order chi connectivity index (χ0) is 12.0. The van der Waals surface area contributed by atoms with Crippen LogP contribution < -0.4 is 0 Å². The molecule has 0 N–H and O–H groups in total. The number of fused-ring (bicyclic) bond motifs is 3. The van der Waals surface area contributed by atoms with Crippen LogP contribution in [-0.4, -0.2) is 5.78 Å². The van der Waals surface area contributed by atoms with Crippen molar-refractivity contribution in [1.29, 1.82) is 0 Å². The van der Waals surface area contributed by atoms with Gasteiger partial charge in [0.05, 0.1) is 0 Å². The van der Waals surface area contributed by atoms with Crippen molar-refractivity contribution in [2.24, 2.45) is 0 Å². The Kier molecular flexibility index (Phi) is 2.02. The third kappa shape index (κ3) is 1.36. The predicted molar refractivity (Wildman–Crippen MR) is 70.0 cm³/mol. The molecule has 1 aliphatic carbocycles. The van der Waals surface area contributed by atoms with Crippen molar-refractivity contribution in [3.05, 3.63) is 65.7 Å². The van der Waals surface area contributed by atoms with Gasteiger partial charge in [-0.15, -0.1) is 0 Å². The van der Waals surface area contributed by atoms with Gasteiger partial charge < -0.3 is 0 Å². The molecule has 0 unspecified atom stereocenters. The minimum atomic E-state index is 0.0405. The fraction of sp³-hybridized carbons (Fsp3) is 0.0625. The van der Waals surface area contributed by atoms with E-state index in [1.807, 2.05) is 37.3 Å². The van der Waals surface area contributed by atoms with Crippen LogP contribution in [0.25, 0.3) is 16.7 Å². The topological polar surface area (TPSA) is 17.1 Å². The maximum absolute atomic E-state index is 12.2. The number of aryl methyl sites for hydroxylation is 1. The molecule has 0 radical (unpaired) electrons. The first-order valence-electron chi connectivity index (χ1n) is 5.62. The monoisotopic (exact) mass is 220 g/mol. The number of hydrogen-bond donors (Lipinski definition) is 0. The summed E-state index contributed by atoms with van der Waals surface area (Å²) in [6, 6.07) is 13.9. The molecule has 0 amide bonds. The lowest BCUT2D eigenvalue weighted by Gasteiger charge is -2.20. The summed E-state index contributed by atoms with van der Waals surface area (Å²) < 4.78 is 0. The molecule has 1 heteroatoms. The van der Waals surface area contributed by atoms with Crippen molar-refractivity contribution < 1.29 is 4.79 Å². The van der Waals surface area contributed by atoms with Gasteiger partial charge in [-0.2, -0.15) is 0 Å². The van der Waals surface area contributed by atoms with Crippen molar-refractivity contribution in [3.8, 4) is 11.1 Å². The van der Waals surface area contributed by atoms with Crippen molar-refractivity contribution in [2.45, 2.75) is 6.92 Å². The molecule has 2 aromatic rings. The zero-order valence-electron chi connectivity index (χ0n) is 9.66. The van der Waals surface area contributed by atoms with Crippen LogP contribution in [0.15, 0.2) is 49.0 Å². The number of ketones is 1. The van der Waals surface area contributed by atoms with E-state index >= 15 is 0 Å². The molecule has 0 atom stereocenters. The van der Waals surface area contributed by atoms with E-state index in [1.54, 1.807) is 0 Å². The molecule has 17 heavy (non-hydrogen) atoms. The van der Waals surface area contributed by atoms with E-state index < -0.39 is 0 Å². The van der Waals surface area contributed by atoms with Crippen molar-refractivity contribution >= 4 is 11.4 Å². The normalized spacial score (nSPS) is 13.2. The van der Waals surface area contributed by atoms with Gasteiger partial charge in [-0.3, -0.25) is 4.79 Å². The Balaban J connectivity index is 2.40. The van der Waals surface area contributed by atoms with Crippen molar-refractivity contribution in [2.75, 3.05) is 0 Å². The molecule has 0 saturated heterocycles. The average molecular weight is 220 g/mol. The summed E-state index contributed by atoms with van der Waals surface area (Å²) in [5.74, 6) is 0.0405. The highest BCUT2D eigenvalue weighted by Gasteiger charge is 2.25. The molecule has 0 spiro atoms. The molecule has 1 aliphatic rings. The van der Waals surface area contributed by atoms with Crippen LogP contribution in [0, 0.1) is 6.92 Å². The van der Waals surface area contributed by atoms with Crippen molar-refractivity contribution in [1.82, 2.24) is 0 Å². The minimum absolute atomic E-state index is 0.0405. The summed E-state index contributed by atoms with van der Waals surface area (Å²) in [5, 5.41) is 0. The number of hydrogen-bond acceptors (Lipinski definition) is 1. The predicted octanol–water partition coefficient (Wildman–Crippen LogP) is 3.87. The van der Waals surface area contributed by atoms with E-state index in [1.165, 1.54) is 0 Å². The third-order valence-electron chi connectivity index (χ3n) is 3.24. The number of carbonyl (C=O) groups is 1. The molecule has 2 aromatic carbocycles. The van der Waals surface area contributed by atoms with E-state index in [-0.39, 0.29) is 5.78 Å². The number of benzene rings is 2. The molecule has 1 nitrogen and oxygen atoms in total. The molecule has 0 bridgehead atoms. The Hall–Kier alpha value is -2.15. The van der Waals surface area contributed by atoms with Crippen LogP contribution >= 0.6 is 0 Å². The second kappa shape index (κ2) is 3.42. The van der Waals surface area contributed by atoms with E-state index in [2.05, 4.69) is 18.7 Å². The number of allylic oxidation sites excluding steroid dienone is 1. The molecule has 82 valence electrons. The van der Waals surface area contributed by atoms with Gasteiger partial charge in [0, 0.05) is 11.1 Å². The fourth-order valence-corrected chi connectivity index (χ4v) is 2.34. The average Bonchev–Trinajstić information content (AvgIpc) is 2.36. The molecule has 0 aliphatic heterocycles. The van der Waals surface area contributed by atoms with Gasteiger partial charge >= 0.3 is 0 Å². The Morgan fingerprint density at radius 2 is 1.53 bits per heavy atom. The highest BCUT2D eigenvalue weighted by molar-refractivity contribution is 6.33. The number of Topliss-reactive ketones (excluding diaryl/α,β-unsaturated/α-hetero) is 1. The lowest BCUT2D eigenvalue weighted by molar-refractivity contribution is 0.105. The summed E-state index contributed by atoms with van der Waals surface area (Å²) in [4.78, 5) is 12.2. The Bertz CT molecular complexity index is 650. The smallest absolute Gasteiger partial charge is 0.193 e. The van der Waals surface area contributed by atoms with Gasteiger partial charge in [-0.1, -0.05) is 54.6 Å². The molecule has 0 heterocycles. The van der Waals surface area contributed by atoms with Crippen LogP contribution in [0.2, 0.25) is 0 Å². The molecule has 0 fully saturated rings. The van der Waals surface area contributed by atoms with Gasteiger partial charge in [0.25, 0.3) is 0 Å². The largest absolute Gasteiger partial charge is 0.289 e. The SMILES string of the molecule is C=C1C(=O)c2ccccc2-c2ccc(C)cc21. The van der Waals surface area contributed by atoms with E-state index in [0.29, 0.717) is 5.57 Å². The first-order valence-corrected chi connectivity index (χ1v) is 5.62. The first-order chi connectivity index (χ1) is 8.18. The fourth-order valence-electron chi connectivity index (χ4n) is 2.34. The van der Waals surface area contributed by atoms with Gasteiger partial charge in [0.1, 0.15) is 0 Å². The zero-order valence-corrected chi connectivity index (χ0v) is 9.66. The molecular weight excluding hydrogens is 208 g/mol. The molecular formula is C16H12O. The Morgan fingerprint density at radius 1 is 0.882 bits per heavy atom. The van der Waals surface area contributed by atoms with Crippen LogP contribution in [0.3, 0.4) is 0 Å². The van der Waals surface area contributed by atoms with Gasteiger partial charge in [0.2, 0.25) is 0 Å². The first kappa shape index (κ1) is 10.0. The van der Waals surface area contributed by atoms with Crippen LogP contribution in [0.1, 0.15) is 21.5 Å². The highest BCUT2D eigenvalue weighted by Crippen LogP contribution is 2.38. The summed E-state index contributed by atoms with van der Waals surface area (Å²) in [6.07, 6.45) is 0. The van der Waals surface area contributed by atoms with Gasteiger partial charge in [-0.05, 0) is 23.6 Å². The maximum atomic E-state index is 12.2. The van der Waals surface area contributed by atoms with E-state index in [4.69, 9.17) is 0 Å². The minimum Gasteiger partial charge on any atom is -0.289 e. The quantitative estimate of drug-likeness (QED) is 0.616. The summed E-state index contributed by atoms with van der Waals surface area (Å²) in [7, 11) is 0. The van der Waals surface area contributed by atoms with Crippen LogP contribution in [0.5, 0.6) is 0 Å². The number of carbonyl (C=O) groups excluding carboxylic acids is 1. The standard InChI is InChI=1S/C16H12O/c1-10-7-8-13-12-5-3-4-6-14(12)16(17)11(2)15(13)9-10/h3-9H,2H2,1H3. The lowest BCUT2D eigenvalue weighted by atomic mass is 9.81. The molecule has 0 aromatic heterocycles. The summed E-state index contributed by atoms with van der Waals surface area (Å²) in [6.45, 7) is 5.95. The Labute approximate surface area is 100 Å². The second-order valence-corrected chi connectivity index (χ2v) is 4.40. The van der Waals surface area contributed by atoms with Crippen LogP contribution in [0.4, 0.5) is 0 Å². The highest BCUT2D eigenvalue weighted by atomic mass is 16.1. The second-order valence-electron chi connectivity index (χ2n) is 4.40. The molecule has 0 saturated carbocycles. The van der Waals surface area contributed by atoms with E-state index in [9.17, 15) is 4.79 Å². The lowest BCUT2D eigenvalue weighted by Crippen LogP contribution is -2.10. The molecule has 3 rings (SSSR count). The summed E-state index contributed by atoms with van der Waals surface area (Å²) in [5.41, 5.74) is 5.60. The van der Waals surface area contributed by atoms with Crippen molar-refractivity contribution in [3.63, 3.8) is 0 Å². The van der Waals surface area contributed by atoms with Gasteiger partial charge in [0.15, 0.2) is 5.78 Å². The van der Waals surface area contributed by atoms with E-state index in [0.717, 1.165) is 27.8 Å². The third-order valence-corrected chi connectivity index (χ3v) is 3.24. The van der Waals surface area contributed by atoms with Gasteiger partial charge in [-0.25, -0.2) is 0 Å². The number of rotatable bonds is 0. The Morgan fingerprint density at radius 3 is 2.29 bits per heavy atom. The van der Waals surface area contributed by atoms with Crippen LogP contribution in [-0.2, 0) is 0 Å². The summed E-state index contributed by atoms with van der Waals surface area (Å²) >= 11 is 0.